The number of allylic oxidation sites excluding steroid dienone is 1. The summed E-state index contributed by atoms with van der Waals surface area (Å²) < 4.78 is 10.9. The number of aryl methyl sites for hydroxylation is 1. The molecule has 5 nitrogen and oxygen atoms in total. The van der Waals surface area contributed by atoms with Crippen molar-refractivity contribution in [2.75, 3.05) is 19.5 Å². The number of hydrogen-bond donors (Lipinski definition) is 1. The molecular formula is C26H27N3O2S. The van der Waals surface area contributed by atoms with Crippen LogP contribution in [0.3, 0.4) is 0 Å². The van der Waals surface area contributed by atoms with E-state index in [-0.39, 0.29) is 6.04 Å². The summed E-state index contributed by atoms with van der Waals surface area (Å²) >= 11 is 1.78. The zero-order valence-electron chi connectivity index (χ0n) is 18.8. The van der Waals surface area contributed by atoms with Crippen molar-refractivity contribution < 1.29 is 9.47 Å². The van der Waals surface area contributed by atoms with Gasteiger partial charge in [0.05, 0.1) is 25.8 Å². The third kappa shape index (κ3) is 4.92. The van der Waals surface area contributed by atoms with Crippen LogP contribution in [0.2, 0.25) is 0 Å². The first-order valence-corrected chi connectivity index (χ1v) is 11.4. The number of nitrogens with one attached hydrogen (secondary N) is 1. The van der Waals surface area contributed by atoms with Crippen LogP contribution < -0.4 is 14.8 Å². The van der Waals surface area contributed by atoms with Crippen LogP contribution >= 0.6 is 11.3 Å². The zero-order valence-corrected chi connectivity index (χ0v) is 19.6. The molecule has 2 heterocycles. The lowest BCUT2D eigenvalue weighted by atomic mass is 10.1. The fourth-order valence-corrected chi connectivity index (χ4v) is 4.52. The summed E-state index contributed by atoms with van der Waals surface area (Å²) in [6.45, 7) is 4.04. The Morgan fingerprint density at radius 3 is 2.50 bits per heavy atom. The second kappa shape index (κ2) is 9.83. The number of ether oxygens (including phenoxy) is 2. The molecule has 164 valence electrons. The third-order valence-electron chi connectivity index (χ3n) is 5.22. The largest absolute Gasteiger partial charge is 0.493 e. The summed E-state index contributed by atoms with van der Waals surface area (Å²) in [5.74, 6) is 2.80. The van der Waals surface area contributed by atoms with Gasteiger partial charge in [-0.05, 0) is 50.1 Å². The molecule has 0 spiro atoms. The first-order chi connectivity index (χ1) is 15.6. The molecule has 6 heteroatoms. The van der Waals surface area contributed by atoms with E-state index in [9.17, 15) is 0 Å². The molecule has 1 N–H and O–H groups in total. The third-order valence-corrected chi connectivity index (χ3v) is 6.45. The second-order valence-electron chi connectivity index (χ2n) is 7.54. The monoisotopic (exact) mass is 445 g/mol. The number of methoxy groups -OCH3 is 2. The molecule has 0 aliphatic heterocycles. The highest BCUT2D eigenvalue weighted by Gasteiger charge is 2.15. The summed E-state index contributed by atoms with van der Waals surface area (Å²) in [5.41, 5.74) is 2.13. The molecule has 0 fully saturated rings. The predicted octanol–water partition coefficient (Wildman–Crippen LogP) is 6.45. The fraction of sp³-hybridized carbons (Fsp3) is 0.231. The highest BCUT2D eigenvalue weighted by atomic mass is 32.1. The predicted molar refractivity (Wildman–Crippen MR) is 133 cm³/mol. The van der Waals surface area contributed by atoms with Gasteiger partial charge in [-0.25, -0.2) is 9.97 Å². The van der Waals surface area contributed by atoms with E-state index in [1.165, 1.54) is 15.3 Å². The van der Waals surface area contributed by atoms with Crippen LogP contribution in [-0.2, 0) is 6.42 Å². The average molecular weight is 446 g/mol. The van der Waals surface area contributed by atoms with Crippen LogP contribution in [0.15, 0.2) is 60.7 Å². The molecule has 32 heavy (non-hydrogen) atoms. The van der Waals surface area contributed by atoms with Gasteiger partial charge in [-0.2, -0.15) is 0 Å². The molecule has 1 unspecified atom stereocenters. The molecule has 0 aliphatic rings. The number of hydrogen-bond acceptors (Lipinski definition) is 6. The van der Waals surface area contributed by atoms with Crippen molar-refractivity contribution in [2.45, 2.75) is 26.3 Å². The fourth-order valence-electron chi connectivity index (χ4n) is 3.57. The van der Waals surface area contributed by atoms with Gasteiger partial charge in [0.25, 0.3) is 0 Å². The Labute approximate surface area is 192 Å². The quantitative estimate of drug-likeness (QED) is 0.338. The van der Waals surface area contributed by atoms with E-state index in [2.05, 4.69) is 70.8 Å². The molecule has 0 amide bonds. The Kier molecular flexibility index (Phi) is 6.71. The molecule has 4 aromatic rings. The Hall–Kier alpha value is -3.38. The van der Waals surface area contributed by atoms with Crippen molar-refractivity contribution >= 4 is 34.1 Å². The maximum atomic E-state index is 5.48. The lowest BCUT2D eigenvalue weighted by Crippen LogP contribution is -2.08. The van der Waals surface area contributed by atoms with Gasteiger partial charge in [0.1, 0.15) is 11.6 Å². The number of aromatic nitrogens is 2. The molecule has 4 rings (SSSR count). The molecule has 2 aromatic heterocycles. The van der Waals surface area contributed by atoms with Crippen LogP contribution in [0, 0.1) is 6.92 Å². The van der Waals surface area contributed by atoms with Gasteiger partial charge >= 0.3 is 0 Å². The number of fused-ring (bicyclic) bond motifs is 1. The average Bonchev–Trinajstić information content (AvgIpc) is 3.28. The molecule has 0 bridgehead atoms. The SMILES string of the molecule is COc1cc2nc(C)nc(NC(C)c3ccc(/C=C/Cc4ccccc4)s3)c2cc1OC. The van der Waals surface area contributed by atoms with E-state index >= 15 is 0 Å². The van der Waals surface area contributed by atoms with E-state index in [0.717, 1.165) is 23.1 Å². The molecule has 2 aromatic carbocycles. The van der Waals surface area contributed by atoms with E-state index in [1.807, 2.05) is 25.1 Å². The minimum absolute atomic E-state index is 0.0990. The lowest BCUT2D eigenvalue weighted by Gasteiger charge is -2.16. The van der Waals surface area contributed by atoms with Gasteiger partial charge in [-0.1, -0.05) is 36.4 Å². The van der Waals surface area contributed by atoms with E-state index < -0.39 is 0 Å². The topological polar surface area (TPSA) is 56.3 Å². The molecule has 0 radical (unpaired) electrons. The minimum Gasteiger partial charge on any atom is -0.493 e. The summed E-state index contributed by atoms with van der Waals surface area (Å²) in [5, 5.41) is 4.47. The van der Waals surface area contributed by atoms with Crippen LogP contribution in [0.4, 0.5) is 5.82 Å². The lowest BCUT2D eigenvalue weighted by molar-refractivity contribution is 0.356. The van der Waals surface area contributed by atoms with Gasteiger partial charge in [-0.3, -0.25) is 0 Å². The smallest absolute Gasteiger partial charge is 0.162 e. The summed E-state index contributed by atoms with van der Waals surface area (Å²) in [7, 11) is 3.26. The molecule has 0 aliphatic carbocycles. The number of nitrogens with zero attached hydrogens (tertiary/aromatic N) is 2. The number of benzene rings is 2. The molecule has 1 atom stereocenters. The Morgan fingerprint density at radius 2 is 1.75 bits per heavy atom. The molecule has 0 saturated carbocycles. The first kappa shape index (κ1) is 21.8. The first-order valence-electron chi connectivity index (χ1n) is 10.5. The Morgan fingerprint density at radius 1 is 1.00 bits per heavy atom. The molecular weight excluding hydrogens is 418 g/mol. The maximum absolute atomic E-state index is 5.48. The van der Waals surface area contributed by atoms with Crippen molar-refractivity contribution in [1.82, 2.24) is 9.97 Å². The van der Waals surface area contributed by atoms with E-state index in [1.54, 1.807) is 25.6 Å². The van der Waals surface area contributed by atoms with Crippen LogP contribution in [0.5, 0.6) is 11.5 Å². The van der Waals surface area contributed by atoms with E-state index in [0.29, 0.717) is 17.3 Å². The van der Waals surface area contributed by atoms with Crippen molar-refractivity contribution in [1.29, 1.82) is 0 Å². The van der Waals surface area contributed by atoms with Crippen molar-refractivity contribution in [3.05, 3.63) is 81.8 Å². The highest BCUT2D eigenvalue weighted by molar-refractivity contribution is 7.13. The minimum atomic E-state index is 0.0990. The zero-order chi connectivity index (χ0) is 22.5. The van der Waals surface area contributed by atoms with Crippen LogP contribution in [-0.4, -0.2) is 24.2 Å². The van der Waals surface area contributed by atoms with Crippen LogP contribution in [0.25, 0.3) is 17.0 Å². The van der Waals surface area contributed by atoms with Crippen LogP contribution in [0.1, 0.15) is 34.1 Å². The second-order valence-corrected chi connectivity index (χ2v) is 8.69. The summed E-state index contributed by atoms with van der Waals surface area (Å²) in [6, 6.07) is 18.7. The van der Waals surface area contributed by atoms with Gasteiger partial charge in [0, 0.05) is 21.2 Å². The standard InChI is InChI=1S/C26H27N3O2S/c1-17(25-14-13-20(32-25)12-8-11-19-9-6-5-7-10-19)27-26-21-15-23(30-3)24(31-4)16-22(21)28-18(2)29-26/h5-10,12-17H,11H2,1-4H3,(H,27,28,29)/b12-8+. The van der Waals surface area contributed by atoms with Crippen molar-refractivity contribution in [3.63, 3.8) is 0 Å². The van der Waals surface area contributed by atoms with Gasteiger partial charge in [0.2, 0.25) is 0 Å². The number of anilines is 1. The van der Waals surface area contributed by atoms with Crippen molar-refractivity contribution in [3.8, 4) is 11.5 Å². The highest BCUT2D eigenvalue weighted by Crippen LogP contribution is 2.35. The summed E-state index contributed by atoms with van der Waals surface area (Å²) in [6.07, 6.45) is 5.33. The number of rotatable bonds is 8. The maximum Gasteiger partial charge on any atom is 0.162 e. The Bertz CT molecular complexity index is 1230. The Balaban J connectivity index is 1.53. The van der Waals surface area contributed by atoms with Crippen molar-refractivity contribution in [2.24, 2.45) is 0 Å². The van der Waals surface area contributed by atoms with Gasteiger partial charge in [-0.15, -0.1) is 11.3 Å². The normalized spacial score (nSPS) is 12.2. The van der Waals surface area contributed by atoms with Gasteiger partial charge in [0.15, 0.2) is 11.5 Å². The summed E-state index contributed by atoms with van der Waals surface area (Å²) in [4.78, 5) is 11.7. The van der Waals surface area contributed by atoms with Gasteiger partial charge < -0.3 is 14.8 Å². The molecule has 0 saturated heterocycles. The number of thiophene rings is 1. The van der Waals surface area contributed by atoms with E-state index in [4.69, 9.17) is 9.47 Å².